The van der Waals surface area contributed by atoms with Gasteiger partial charge in [-0.3, -0.25) is 9.98 Å². The zero-order valence-corrected chi connectivity index (χ0v) is 18.8. The van der Waals surface area contributed by atoms with Crippen LogP contribution in [-0.4, -0.2) is 11.9 Å². The van der Waals surface area contributed by atoms with Gasteiger partial charge in [0.2, 0.25) is 0 Å². The first-order chi connectivity index (χ1) is 15.0. The van der Waals surface area contributed by atoms with Gasteiger partial charge in [0.1, 0.15) is 0 Å². The van der Waals surface area contributed by atoms with Crippen LogP contribution in [-0.2, 0) is 0 Å². The Kier molecular flexibility index (Phi) is 6.27. The van der Waals surface area contributed by atoms with Gasteiger partial charge in [-0.05, 0) is 39.7 Å². The molecular weight excluding hydrogens is 376 g/mol. The lowest BCUT2D eigenvalue weighted by molar-refractivity contribution is 0.835. The molecule has 0 saturated heterocycles. The molecule has 0 saturated carbocycles. The second-order valence-electron chi connectivity index (χ2n) is 8.68. The highest BCUT2D eigenvalue weighted by atomic mass is 14.8. The second-order valence-corrected chi connectivity index (χ2v) is 8.68. The van der Waals surface area contributed by atoms with Crippen molar-refractivity contribution in [2.75, 3.05) is 0 Å². The van der Waals surface area contributed by atoms with Crippen molar-refractivity contribution in [1.29, 1.82) is 0 Å². The van der Waals surface area contributed by atoms with E-state index in [2.05, 4.69) is 100 Å². The van der Waals surface area contributed by atoms with E-state index in [1.165, 1.54) is 27.8 Å². The number of allylic oxidation sites excluding steroid dienone is 2. The van der Waals surface area contributed by atoms with Gasteiger partial charge in [-0.25, -0.2) is 0 Å². The first-order valence-corrected chi connectivity index (χ1v) is 11.1. The number of benzene rings is 3. The molecule has 3 aromatic rings. The Hall–Kier alpha value is -3.26. The Labute approximate surface area is 186 Å². The summed E-state index contributed by atoms with van der Waals surface area (Å²) in [5, 5.41) is 0. The lowest BCUT2D eigenvalue weighted by Gasteiger charge is -2.16. The van der Waals surface area contributed by atoms with Crippen LogP contribution in [0.15, 0.2) is 94.5 Å². The molecular formula is C29H30N2. The van der Waals surface area contributed by atoms with Crippen molar-refractivity contribution >= 4 is 23.2 Å². The van der Waals surface area contributed by atoms with Crippen LogP contribution >= 0.6 is 0 Å². The molecule has 31 heavy (non-hydrogen) atoms. The minimum atomic E-state index is 0.417. The third-order valence-electron chi connectivity index (χ3n) is 5.80. The Morgan fingerprint density at radius 2 is 1.26 bits per heavy atom. The number of para-hydroxylation sites is 1. The van der Waals surface area contributed by atoms with Crippen molar-refractivity contribution < 1.29 is 0 Å². The molecule has 0 spiro atoms. The number of aliphatic imine (C=N–C) groups is 2. The highest BCUT2D eigenvalue weighted by Gasteiger charge is 2.20. The summed E-state index contributed by atoms with van der Waals surface area (Å²) < 4.78 is 0. The van der Waals surface area contributed by atoms with Gasteiger partial charge in [-0.2, -0.15) is 0 Å². The van der Waals surface area contributed by atoms with Crippen molar-refractivity contribution in [3.8, 4) is 0 Å². The summed E-state index contributed by atoms with van der Waals surface area (Å²) in [7, 11) is 0. The first-order valence-electron chi connectivity index (χ1n) is 11.1. The van der Waals surface area contributed by atoms with Crippen molar-refractivity contribution in [2.24, 2.45) is 9.98 Å². The Balaban J connectivity index is 1.80. The van der Waals surface area contributed by atoms with E-state index < -0.39 is 0 Å². The standard InChI is InChI=1S/C29H30N2/c1-20(2)24-16-11-17-25(21(3)4)29(24)30-19-28-26(22-12-7-5-8-13-22)18-27(31-28)23-14-9-6-10-15-23/h5-17,19-21H,18H2,1-4H3. The fourth-order valence-electron chi connectivity index (χ4n) is 4.09. The maximum Gasteiger partial charge on any atom is 0.0858 e. The smallest absolute Gasteiger partial charge is 0.0858 e. The summed E-state index contributed by atoms with van der Waals surface area (Å²) in [5.74, 6) is 0.834. The molecule has 0 fully saturated rings. The minimum Gasteiger partial charge on any atom is -0.254 e. The number of nitrogens with zero attached hydrogens (tertiary/aromatic N) is 2. The molecule has 1 heterocycles. The summed E-state index contributed by atoms with van der Waals surface area (Å²) >= 11 is 0. The Morgan fingerprint density at radius 1 is 0.710 bits per heavy atom. The molecule has 3 aromatic carbocycles. The summed E-state index contributed by atoms with van der Waals surface area (Å²) in [4.78, 5) is 10.1. The summed E-state index contributed by atoms with van der Waals surface area (Å²) in [6.45, 7) is 8.92. The van der Waals surface area contributed by atoms with Crippen LogP contribution < -0.4 is 0 Å². The van der Waals surface area contributed by atoms with Gasteiger partial charge in [0, 0.05) is 6.42 Å². The monoisotopic (exact) mass is 406 g/mol. The summed E-state index contributed by atoms with van der Waals surface area (Å²) in [6, 6.07) is 27.5. The normalized spacial score (nSPS) is 14.2. The first kappa shape index (κ1) is 21.0. The molecule has 156 valence electrons. The maximum absolute atomic E-state index is 5.04. The van der Waals surface area contributed by atoms with Gasteiger partial charge in [0.25, 0.3) is 0 Å². The van der Waals surface area contributed by atoms with Crippen molar-refractivity contribution in [1.82, 2.24) is 0 Å². The minimum absolute atomic E-state index is 0.417. The molecule has 1 aliphatic heterocycles. The van der Waals surface area contributed by atoms with E-state index in [0.717, 1.165) is 23.5 Å². The van der Waals surface area contributed by atoms with Crippen LogP contribution in [0.1, 0.15) is 68.2 Å². The van der Waals surface area contributed by atoms with Crippen molar-refractivity contribution in [3.05, 3.63) is 107 Å². The van der Waals surface area contributed by atoms with Crippen LogP contribution in [0.2, 0.25) is 0 Å². The van der Waals surface area contributed by atoms with Crippen molar-refractivity contribution in [2.45, 2.75) is 46.0 Å². The molecule has 0 unspecified atom stereocenters. The summed E-state index contributed by atoms with van der Waals surface area (Å²) in [5.41, 5.74) is 9.33. The molecule has 2 nitrogen and oxygen atoms in total. The Morgan fingerprint density at radius 3 is 1.81 bits per heavy atom. The predicted octanol–water partition coefficient (Wildman–Crippen LogP) is 7.94. The van der Waals surface area contributed by atoms with E-state index in [1.54, 1.807) is 0 Å². The molecule has 0 atom stereocenters. The molecule has 0 radical (unpaired) electrons. The van der Waals surface area contributed by atoms with Crippen LogP contribution in [0.5, 0.6) is 0 Å². The predicted molar refractivity (Wildman–Crippen MR) is 134 cm³/mol. The zero-order chi connectivity index (χ0) is 21.8. The molecule has 1 aliphatic rings. The van der Waals surface area contributed by atoms with E-state index in [1.807, 2.05) is 12.3 Å². The van der Waals surface area contributed by atoms with Crippen molar-refractivity contribution in [3.63, 3.8) is 0 Å². The fraction of sp³-hybridized carbons (Fsp3) is 0.241. The number of hydrogen-bond acceptors (Lipinski definition) is 2. The lowest BCUT2D eigenvalue weighted by Crippen LogP contribution is -1.97. The SMILES string of the molecule is CC(C)c1cccc(C(C)C)c1N=CC1=C(c2ccccc2)CC(c2ccccc2)=N1. The lowest BCUT2D eigenvalue weighted by atomic mass is 9.93. The number of hydrogen-bond donors (Lipinski definition) is 0. The second kappa shape index (κ2) is 9.26. The van der Waals surface area contributed by atoms with E-state index in [-0.39, 0.29) is 0 Å². The Bertz CT molecular complexity index is 1110. The van der Waals surface area contributed by atoms with Crippen LogP contribution in [0.25, 0.3) is 5.57 Å². The fourth-order valence-corrected chi connectivity index (χ4v) is 4.09. The topological polar surface area (TPSA) is 24.7 Å². The van der Waals surface area contributed by atoms with Gasteiger partial charge in [0.15, 0.2) is 0 Å². The van der Waals surface area contributed by atoms with Gasteiger partial charge in [0.05, 0.1) is 23.3 Å². The highest BCUT2D eigenvalue weighted by Crippen LogP contribution is 2.36. The number of rotatable bonds is 6. The van der Waals surface area contributed by atoms with Gasteiger partial charge in [-0.1, -0.05) is 107 Å². The molecule has 0 N–H and O–H groups in total. The average molecular weight is 407 g/mol. The molecule has 0 aromatic heterocycles. The molecule has 0 bridgehead atoms. The van der Waals surface area contributed by atoms with Crippen LogP contribution in [0.4, 0.5) is 5.69 Å². The van der Waals surface area contributed by atoms with E-state index in [4.69, 9.17) is 9.98 Å². The van der Waals surface area contributed by atoms with Gasteiger partial charge in [-0.15, -0.1) is 0 Å². The average Bonchev–Trinajstić information content (AvgIpc) is 3.22. The molecule has 4 rings (SSSR count). The van der Waals surface area contributed by atoms with Crippen LogP contribution in [0.3, 0.4) is 0 Å². The van der Waals surface area contributed by atoms with E-state index in [9.17, 15) is 0 Å². The quantitative estimate of drug-likeness (QED) is 0.371. The molecule has 0 amide bonds. The summed E-state index contributed by atoms with van der Waals surface area (Å²) in [6.07, 6.45) is 2.80. The largest absolute Gasteiger partial charge is 0.254 e. The third-order valence-corrected chi connectivity index (χ3v) is 5.80. The molecule has 2 heteroatoms. The highest BCUT2D eigenvalue weighted by molar-refractivity contribution is 6.14. The maximum atomic E-state index is 5.04. The van der Waals surface area contributed by atoms with E-state index in [0.29, 0.717) is 11.8 Å². The van der Waals surface area contributed by atoms with Gasteiger partial charge < -0.3 is 0 Å². The zero-order valence-electron chi connectivity index (χ0n) is 18.8. The van der Waals surface area contributed by atoms with Gasteiger partial charge >= 0.3 is 0 Å². The van der Waals surface area contributed by atoms with E-state index >= 15 is 0 Å². The third kappa shape index (κ3) is 4.59. The van der Waals surface area contributed by atoms with Crippen LogP contribution in [0, 0.1) is 0 Å². The molecule has 0 aliphatic carbocycles.